The zero-order valence-electron chi connectivity index (χ0n) is 15.2. The third kappa shape index (κ3) is 3.78. The molecule has 8 heteroatoms. The highest BCUT2D eigenvalue weighted by molar-refractivity contribution is 6.33. The molecule has 1 heterocycles. The summed E-state index contributed by atoms with van der Waals surface area (Å²) in [4.78, 5) is 38.6. The lowest BCUT2D eigenvalue weighted by Crippen LogP contribution is -2.58. The second-order valence-corrected chi connectivity index (χ2v) is 6.93. The van der Waals surface area contributed by atoms with E-state index in [2.05, 4.69) is 5.32 Å². The highest BCUT2D eigenvalue weighted by Crippen LogP contribution is 2.37. The minimum atomic E-state index is -0.719. The minimum absolute atomic E-state index is 0.108. The normalized spacial score (nSPS) is 20.0. The Labute approximate surface area is 162 Å². The van der Waals surface area contributed by atoms with Gasteiger partial charge in [-0.1, -0.05) is 30.9 Å². The van der Waals surface area contributed by atoms with Crippen LogP contribution in [0, 0.1) is 0 Å². The Morgan fingerprint density at radius 1 is 1.11 bits per heavy atom. The van der Waals surface area contributed by atoms with Crippen molar-refractivity contribution in [3.8, 4) is 11.5 Å². The Morgan fingerprint density at radius 2 is 1.81 bits per heavy atom. The van der Waals surface area contributed by atoms with E-state index in [-0.39, 0.29) is 16.6 Å². The molecule has 1 aliphatic heterocycles. The van der Waals surface area contributed by atoms with Gasteiger partial charge in [0.25, 0.3) is 11.8 Å². The van der Waals surface area contributed by atoms with Gasteiger partial charge in [-0.25, -0.2) is 4.79 Å². The van der Waals surface area contributed by atoms with Crippen molar-refractivity contribution >= 4 is 35.5 Å². The van der Waals surface area contributed by atoms with Crippen molar-refractivity contribution in [2.45, 2.75) is 38.1 Å². The van der Waals surface area contributed by atoms with Crippen LogP contribution in [0.5, 0.6) is 11.5 Å². The lowest BCUT2D eigenvalue weighted by Gasteiger charge is -2.35. The van der Waals surface area contributed by atoms with Gasteiger partial charge < -0.3 is 9.47 Å². The van der Waals surface area contributed by atoms with E-state index in [4.69, 9.17) is 21.1 Å². The average molecular weight is 393 g/mol. The summed E-state index contributed by atoms with van der Waals surface area (Å²) < 4.78 is 10.4. The van der Waals surface area contributed by atoms with Crippen molar-refractivity contribution in [2.75, 3.05) is 14.2 Å². The number of nitrogens with zero attached hydrogens (tertiary/aromatic N) is 1. The van der Waals surface area contributed by atoms with Gasteiger partial charge in [0.05, 0.1) is 19.2 Å². The molecule has 0 unspecified atom stereocenters. The van der Waals surface area contributed by atoms with Crippen LogP contribution in [0.4, 0.5) is 4.79 Å². The average Bonchev–Trinajstić information content (AvgIpc) is 2.65. The Bertz CT molecular complexity index is 815. The number of rotatable bonds is 4. The fraction of sp³-hybridized carbons (Fsp3) is 0.421. The zero-order chi connectivity index (χ0) is 19.6. The molecule has 1 saturated carbocycles. The number of halogens is 1. The smallest absolute Gasteiger partial charge is 0.331 e. The highest BCUT2D eigenvalue weighted by Gasteiger charge is 2.40. The van der Waals surface area contributed by atoms with E-state index in [0.717, 1.165) is 32.1 Å². The fourth-order valence-electron chi connectivity index (χ4n) is 3.53. The number of carbonyl (C=O) groups excluding carboxylic acids is 3. The number of methoxy groups -OCH3 is 2. The SMILES string of the molecule is COc1cc(C=C2C(=O)NC(=O)N(C3CCCCC3)C2=O)cc(Cl)c1OC. The number of amides is 4. The van der Waals surface area contributed by atoms with E-state index in [1.165, 1.54) is 25.2 Å². The molecule has 0 aromatic heterocycles. The summed E-state index contributed by atoms with van der Waals surface area (Å²) in [6, 6.07) is 2.34. The highest BCUT2D eigenvalue weighted by atomic mass is 35.5. The van der Waals surface area contributed by atoms with Gasteiger partial charge in [-0.2, -0.15) is 0 Å². The molecule has 0 bridgehead atoms. The van der Waals surface area contributed by atoms with E-state index in [9.17, 15) is 14.4 Å². The van der Waals surface area contributed by atoms with Gasteiger partial charge in [-0.3, -0.25) is 19.8 Å². The van der Waals surface area contributed by atoms with Crippen LogP contribution in [0.25, 0.3) is 6.08 Å². The Balaban J connectivity index is 1.96. The van der Waals surface area contributed by atoms with Crippen LogP contribution >= 0.6 is 11.6 Å². The number of imide groups is 2. The number of benzene rings is 1. The second-order valence-electron chi connectivity index (χ2n) is 6.52. The van der Waals surface area contributed by atoms with Crippen LogP contribution in [-0.4, -0.2) is 43.0 Å². The molecule has 0 spiro atoms. The van der Waals surface area contributed by atoms with E-state index in [1.807, 2.05) is 0 Å². The van der Waals surface area contributed by atoms with Crippen LogP contribution in [0.1, 0.15) is 37.7 Å². The quantitative estimate of drug-likeness (QED) is 0.628. The van der Waals surface area contributed by atoms with Gasteiger partial charge in [0.2, 0.25) is 0 Å². The molecule has 1 aromatic carbocycles. The summed E-state index contributed by atoms with van der Waals surface area (Å²) in [5.41, 5.74) is 0.387. The third-order valence-electron chi connectivity index (χ3n) is 4.84. The number of barbiturate groups is 1. The summed E-state index contributed by atoms with van der Waals surface area (Å²) >= 11 is 6.19. The topological polar surface area (TPSA) is 84.9 Å². The molecular weight excluding hydrogens is 372 g/mol. The lowest BCUT2D eigenvalue weighted by atomic mass is 9.93. The summed E-state index contributed by atoms with van der Waals surface area (Å²) in [6.45, 7) is 0. The number of urea groups is 1. The molecule has 4 amide bonds. The Hall–Kier alpha value is -2.54. The lowest BCUT2D eigenvalue weighted by molar-refractivity contribution is -0.132. The second kappa shape index (κ2) is 8.00. The summed E-state index contributed by atoms with van der Waals surface area (Å²) in [5, 5.41) is 2.55. The number of ether oxygens (including phenoxy) is 2. The molecular formula is C19H21ClN2O5. The van der Waals surface area contributed by atoms with Crippen molar-refractivity contribution in [1.82, 2.24) is 10.2 Å². The summed E-state index contributed by atoms with van der Waals surface area (Å²) in [5.74, 6) is -0.565. The largest absolute Gasteiger partial charge is 0.493 e. The van der Waals surface area contributed by atoms with Crippen molar-refractivity contribution < 1.29 is 23.9 Å². The maximum Gasteiger partial charge on any atom is 0.331 e. The summed E-state index contributed by atoms with van der Waals surface area (Å²) in [7, 11) is 2.93. The molecule has 1 aliphatic carbocycles. The van der Waals surface area contributed by atoms with Crippen molar-refractivity contribution in [3.63, 3.8) is 0 Å². The number of hydrogen-bond donors (Lipinski definition) is 1. The van der Waals surface area contributed by atoms with Gasteiger partial charge in [0, 0.05) is 6.04 Å². The van der Waals surface area contributed by atoms with Gasteiger partial charge >= 0.3 is 6.03 Å². The first-order valence-electron chi connectivity index (χ1n) is 8.78. The van der Waals surface area contributed by atoms with Crippen LogP contribution in [0.3, 0.4) is 0 Å². The first kappa shape index (κ1) is 19.2. The minimum Gasteiger partial charge on any atom is -0.493 e. The van der Waals surface area contributed by atoms with E-state index < -0.39 is 17.8 Å². The monoisotopic (exact) mass is 392 g/mol. The van der Waals surface area contributed by atoms with Crippen LogP contribution in [0.2, 0.25) is 5.02 Å². The molecule has 1 saturated heterocycles. The number of carbonyl (C=O) groups is 3. The molecule has 1 aromatic rings. The van der Waals surface area contributed by atoms with Crippen molar-refractivity contribution in [2.24, 2.45) is 0 Å². The molecule has 0 radical (unpaired) electrons. The van der Waals surface area contributed by atoms with E-state index >= 15 is 0 Å². The van der Waals surface area contributed by atoms with Gasteiger partial charge in [0.1, 0.15) is 5.57 Å². The Morgan fingerprint density at radius 3 is 2.44 bits per heavy atom. The summed E-state index contributed by atoms with van der Waals surface area (Å²) in [6.07, 6.45) is 5.92. The molecule has 1 N–H and O–H groups in total. The predicted molar refractivity (Wildman–Crippen MR) is 99.8 cm³/mol. The first-order chi connectivity index (χ1) is 13.0. The van der Waals surface area contributed by atoms with Gasteiger partial charge in [0.15, 0.2) is 11.5 Å². The third-order valence-corrected chi connectivity index (χ3v) is 5.12. The molecule has 0 atom stereocenters. The fourth-order valence-corrected chi connectivity index (χ4v) is 3.83. The van der Waals surface area contributed by atoms with E-state index in [0.29, 0.717) is 17.1 Å². The van der Waals surface area contributed by atoms with E-state index in [1.54, 1.807) is 12.1 Å². The molecule has 7 nitrogen and oxygen atoms in total. The maximum atomic E-state index is 12.9. The van der Waals surface area contributed by atoms with Crippen molar-refractivity contribution in [3.05, 3.63) is 28.3 Å². The molecule has 144 valence electrons. The number of hydrogen-bond acceptors (Lipinski definition) is 5. The first-order valence-corrected chi connectivity index (χ1v) is 9.16. The zero-order valence-corrected chi connectivity index (χ0v) is 16.0. The molecule has 2 fully saturated rings. The van der Waals surface area contributed by atoms with Crippen LogP contribution in [0.15, 0.2) is 17.7 Å². The predicted octanol–water partition coefficient (Wildman–Crippen LogP) is 3.15. The van der Waals surface area contributed by atoms with Gasteiger partial charge in [-0.15, -0.1) is 0 Å². The van der Waals surface area contributed by atoms with Crippen molar-refractivity contribution in [1.29, 1.82) is 0 Å². The molecule has 3 rings (SSSR count). The van der Waals surface area contributed by atoms with Crippen LogP contribution in [-0.2, 0) is 9.59 Å². The van der Waals surface area contributed by atoms with Gasteiger partial charge in [-0.05, 0) is 36.6 Å². The maximum absolute atomic E-state index is 12.9. The standard InChI is InChI=1S/C19H21ClN2O5/c1-26-15-10-11(9-14(20)16(15)27-2)8-13-17(23)21-19(25)22(18(13)24)12-6-4-3-5-7-12/h8-10,12H,3-7H2,1-2H3,(H,21,23,25). The molecule has 2 aliphatic rings. The van der Waals surface area contributed by atoms with Crippen LogP contribution < -0.4 is 14.8 Å². The number of nitrogens with one attached hydrogen (secondary N) is 1. The molecule has 27 heavy (non-hydrogen) atoms. The Kier molecular flexibility index (Phi) is 5.70.